The average Bonchev–Trinajstić information content (AvgIpc) is 3.10. The topological polar surface area (TPSA) is 138 Å². The lowest BCUT2D eigenvalue weighted by atomic mass is 9.90. The van der Waals surface area contributed by atoms with E-state index in [-0.39, 0.29) is 19.0 Å². The molecule has 0 aliphatic rings. The molecule has 0 saturated heterocycles. The molecule has 0 radical (unpaired) electrons. The van der Waals surface area contributed by atoms with Crippen molar-refractivity contribution < 1.29 is 29.2 Å². The number of aliphatic hydroxyl groups is 2. The minimum atomic E-state index is -0.425. The molecule has 11 nitrogen and oxygen atoms in total. The quantitative estimate of drug-likeness (QED) is 0.239. The second kappa shape index (κ2) is 12.2. The minimum Gasteiger partial charge on any atom is -0.493 e. The lowest BCUT2D eigenvalue weighted by Gasteiger charge is -2.19. The molecule has 45 heavy (non-hydrogen) atoms. The Morgan fingerprint density at radius 3 is 2.02 bits per heavy atom. The summed E-state index contributed by atoms with van der Waals surface area (Å²) in [6.45, 7) is -0.634. The predicted octanol–water partition coefficient (Wildman–Crippen LogP) is 4.68. The summed E-state index contributed by atoms with van der Waals surface area (Å²) < 4.78 is 23.3. The number of aromatic nitrogens is 4. The number of rotatable bonds is 9. The van der Waals surface area contributed by atoms with Gasteiger partial charge in [0, 0.05) is 29.5 Å². The highest BCUT2D eigenvalue weighted by Gasteiger charge is 2.21. The molecule has 6 rings (SSSR count). The van der Waals surface area contributed by atoms with Gasteiger partial charge in [0.05, 0.1) is 47.0 Å². The highest BCUT2D eigenvalue weighted by atomic mass is 16.5. The van der Waals surface area contributed by atoms with Gasteiger partial charge in [-0.05, 0) is 87.6 Å². The van der Waals surface area contributed by atoms with Crippen molar-refractivity contribution in [2.24, 2.45) is 0 Å². The Bertz CT molecular complexity index is 2110. The number of fused-ring (bicyclic) bond motifs is 2. The third kappa shape index (κ3) is 5.07. The second-order valence-electron chi connectivity index (χ2n) is 10.1. The standard InChI is InChI=1S/C34H30N4O7/c1-42-27-11-21-10-22(17-39)26(18-40)32(23(21)13-28(27)43-2)19-7-9-36-31(12-19)38-34(41)25-15-30(45-4)29(44-3)14-24(25)33(37-38)20-6-5-8-35-16-20/h5-16,39-40H,17-18H2,1-4H3. The van der Waals surface area contributed by atoms with E-state index in [9.17, 15) is 15.0 Å². The van der Waals surface area contributed by atoms with Crippen LogP contribution in [-0.2, 0) is 13.2 Å². The molecule has 2 N–H and O–H groups in total. The Labute approximate surface area is 257 Å². The molecule has 6 aromatic rings. The Morgan fingerprint density at radius 1 is 0.733 bits per heavy atom. The molecule has 0 fully saturated rings. The molecule has 0 aliphatic heterocycles. The summed E-state index contributed by atoms with van der Waals surface area (Å²) >= 11 is 0. The van der Waals surface area contributed by atoms with Crippen molar-refractivity contribution in [3.63, 3.8) is 0 Å². The van der Waals surface area contributed by atoms with Crippen molar-refractivity contribution in [2.45, 2.75) is 13.2 Å². The molecule has 0 saturated carbocycles. The van der Waals surface area contributed by atoms with Crippen LogP contribution in [0.5, 0.6) is 23.0 Å². The first-order chi connectivity index (χ1) is 22.0. The number of aliphatic hydroxyl groups excluding tert-OH is 2. The Morgan fingerprint density at radius 2 is 1.40 bits per heavy atom. The molecule has 0 atom stereocenters. The Hall–Kier alpha value is -5.52. The molecule has 3 heterocycles. The number of ether oxygens (including phenoxy) is 4. The van der Waals surface area contributed by atoms with Gasteiger partial charge in [0.1, 0.15) is 5.69 Å². The summed E-state index contributed by atoms with van der Waals surface area (Å²) in [5.41, 5.74) is 3.12. The van der Waals surface area contributed by atoms with Crippen LogP contribution in [-0.4, -0.2) is 58.4 Å². The van der Waals surface area contributed by atoms with Gasteiger partial charge >= 0.3 is 0 Å². The number of benzene rings is 3. The van der Waals surface area contributed by atoms with E-state index in [4.69, 9.17) is 24.0 Å². The largest absolute Gasteiger partial charge is 0.493 e. The number of methoxy groups -OCH3 is 4. The first-order valence-electron chi connectivity index (χ1n) is 13.9. The lowest BCUT2D eigenvalue weighted by molar-refractivity contribution is 0.260. The van der Waals surface area contributed by atoms with E-state index in [1.54, 1.807) is 63.1 Å². The summed E-state index contributed by atoms with van der Waals surface area (Å²) in [5.74, 6) is 2.11. The van der Waals surface area contributed by atoms with E-state index in [1.807, 2.05) is 24.3 Å². The van der Waals surface area contributed by atoms with Gasteiger partial charge in [0.25, 0.3) is 5.56 Å². The van der Waals surface area contributed by atoms with Gasteiger partial charge < -0.3 is 29.2 Å². The van der Waals surface area contributed by atoms with Crippen LogP contribution in [0.2, 0.25) is 0 Å². The summed E-state index contributed by atoms with van der Waals surface area (Å²) in [6, 6.07) is 15.9. The summed E-state index contributed by atoms with van der Waals surface area (Å²) in [4.78, 5) is 22.8. The fourth-order valence-electron chi connectivity index (χ4n) is 5.61. The van der Waals surface area contributed by atoms with Crippen LogP contribution in [0.4, 0.5) is 0 Å². The van der Waals surface area contributed by atoms with Gasteiger partial charge in [-0.2, -0.15) is 9.78 Å². The Balaban J connectivity index is 1.65. The van der Waals surface area contributed by atoms with Crippen molar-refractivity contribution in [3.05, 3.63) is 94.7 Å². The van der Waals surface area contributed by atoms with E-state index in [1.165, 1.54) is 18.9 Å². The number of pyridine rings is 2. The molecule has 0 aliphatic carbocycles. The normalized spacial score (nSPS) is 11.2. The number of nitrogens with zero attached hydrogens (tertiary/aromatic N) is 4. The lowest BCUT2D eigenvalue weighted by Crippen LogP contribution is -2.23. The third-order valence-electron chi connectivity index (χ3n) is 7.76. The molecule has 0 amide bonds. The zero-order valence-corrected chi connectivity index (χ0v) is 25.1. The number of hydrogen-bond acceptors (Lipinski definition) is 10. The first-order valence-corrected chi connectivity index (χ1v) is 13.9. The summed E-state index contributed by atoms with van der Waals surface area (Å²) in [7, 11) is 6.13. The second-order valence-corrected chi connectivity index (χ2v) is 10.1. The predicted molar refractivity (Wildman–Crippen MR) is 169 cm³/mol. The van der Waals surface area contributed by atoms with Gasteiger partial charge in [-0.15, -0.1) is 0 Å². The monoisotopic (exact) mass is 606 g/mol. The molecule has 11 heteroatoms. The van der Waals surface area contributed by atoms with E-state index in [0.29, 0.717) is 67.3 Å². The maximum absolute atomic E-state index is 14.1. The van der Waals surface area contributed by atoms with Crippen LogP contribution in [0, 0.1) is 0 Å². The molecule has 0 spiro atoms. The molecule has 0 unspecified atom stereocenters. The van der Waals surface area contributed by atoms with E-state index < -0.39 is 5.56 Å². The molecule has 3 aromatic carbocycles. The highest BCUT2D eigenvalue weighted by Crippen LogP contribution is 2.41. The Kier molecular flexibility index (Phi) is 8.03. The van der Waals surface area contributed by atoms with Crippen molar-refractivity contribution in [1.29, 1.82) is 0 Å². The van der Waals surface area contributed by atoms with Crippen LogP contribution in [0.15, 0.2) is 78.0 Å². The van der Waals surface area contributed by atoms with Gasteiger partial charge in [0.15, 0.2) is 28.8 Å². The van der Waals surface area contributed by atoms with Crippen molar-refractivity contribution in [3.8, 4) is 51.2 Å². The molecule has 228 valence electrons. The SMILES string of the molecule is COc1cc2cc(CO)c(CO)c(-c3ccnc(-n4nc(-c5cccnc5)c5cc(OC)c(OC)cc5c4=O)c3)c2cc1OC. The van der Waals surface area contributed by atoms with Crippen LogP contribution < -0.4 is 24.5 Å². The van der Waals surface area contributed by atoms with Gasteiger partial charge in [-0.1, -0.05) is 0 Å². The number of hydrogen-bond donors (Lipinski definition) is 2. The summed E-state index contributed by atoms with van der Waals surface area (Å²) in [5, 5.41) is 27.9. The van der Waals surface area contributed by atoms with Crippen LogP contribution >= 0.6 is 0 Å². The maximum Gasteiger partial charge on any atom is 0.280 e. The van der Waals surface area contributed by atoms with Crippen molar-refractivity contribution in [2.75, 3.05) is 28.4 Å². The van der Waals surface area contributed by atoms with Crippen LogP contribution in [0.3, 0.4) is 0 Å². The van der Waals surface area contributed by atoms with E-state index >= 15 is 0 Å². The maximum atomic E-state index is 14.1. The van der Waals surface area contributed by atoms with Crippen LogP contribution in [0.1, 0.15) is 11.1 Å². The fourth-order valence-corrected chi connectivity index (χ4v) is 5.61. The molecule has 3 aromatic heterocycles. The van der Waals surface area contributed by atoms with Crippen molar-refractivity contribution >= 4 is 21.5 Å². The van der Waals surface area contributed by atoms with Gasteiger partial charge in [-0.3, -0.25) is 9.78 Å². The van der Waals surface area contributed by atoms with E-state index in [0.717, 1.165) is 10.8 Å². The van der Waals surface area contributed by atoms with E-state index in [2.05, 4.69) is 9.97 Å². The first kappa shape index (κ1) is 29.5. The van der Waals surface area contributed by atoms with Crippen LogP contribution in [0.25, 0.3) is 49.7 Å². The summed E-state index contributed by atoms with van der Waals surface area (Å²) in [6.07, 6.45) is 4.89. The van der Waals surface area contributed by atoms with Gasteiger partial charge in [0.2, 0.25) is 0 Å². The molecular weight excluding hydrogens is 576 g/mol. The van der Waals surface area contributed by atoms with Crippen molar-refractivity contribution in [1.82, 2.24) is 19.7 Å². The smallest absolute Gasteiger partial charge is 0.280 e. The zero-order chi connectivity index (χ0) is 31.7. The van der Waals surface area contributed by atoms with Gasteiger partial charge in [-0.25, -0.2) is 4.98 Å². The minimum absolute atomic E-state index is 0.242. The fraction of sp³-hybridized carbons (Fsp3) is 0.176. The third-order valence-corrected chi connectivity index (χ3v) is 7.76. The average molecular weight is 607 g/mol. The highest BCUT2D eigenvalue weighted by molar-refractivity contribution is 6.01. The molecular formula is C34H30N4O7. The zero-order valence-electron chi connectivity index (χ0n) is 25.1. The molecule has 0 bridgehead atoms.